The van der Waals surface area contributed by atoms with Crippen LogP contribution in [0.3, 0.4) is 0 Å². The van der Waals surface area contributed by atoms with Crippen molar-refractivity contribution in [3.8, 4) is 5.75 Å². The zero-order valence-electron chi connectivity index (χ0n) is 13.0. The van der Waals surface area contributed by atoms with E-state index in [1.165, 1.54) is 0 Å². The minimum Gasteiger partial charge on any atom is -0.496 e. The molecule has 0 unspecified atom stereocenters. The van der Waals surface area contributed by atoms with E-state index in [0.29, 0.717) is 0 Å². The SMILES string of the molecule is CCN(CC)c1ccc(NCc2ccccc2OC)cn1. The zero-order chi connectivity index (χ0) is 15.1. The third-order valence-corrected chi connectivity index (χ3v) is 3.51. The predicted molar refractivity (Wildman–Crippen MR) is 88.1 cm³/mol. The largest absolute Gasteiger partial charge is 0.496 e. The fourth-order valence-corrected chi connectivity index (χ4v) is 2.27. The second-order valence-electron chi connectivity index (χ2n) is 4.74. The number of benzene rings is 1. The molecule has 1 N–H and O–H groups in total. The van der Waals surface area contributed by atoms with Crippen LogP contribution in [0.4, 0.5) is 11.5 Å². The van der Waals surface area contributed by atoms with Gasteiger partial charge in [-0.05, 0) is 32.0 Å². The zero-order valence-corrected chi connectivity index (χ0v) is 13.0. The predicted octanol–water partition coefficient (Wildman–Crippen LogP) is 3.55. The van der Waals surface area contributed by atoms with Gasteiger partial charge in [0.25, 0.3) is 0 Å². The fraction of sp³-hybridized carbons (Fsp3) is 0.353. The summed E-state index contributed by atoms with van der Waals surface area (Å²) in [6, 6.07) is 12.1. The van der Waals surface area contributed by atoms with Crippen molar-refractivity contribution in [1.82, 2.24) is 4.98 Å². The van der Waals surface area contributed by atoms with Gasteiger partial charge < -0.3 is 15.0 Å². The van der Waals surface area contributed by atoms with Crippen LogP contribution in [0.5, 0.6) is 5.75 Å². The summed E-state index contributed by atoms with van der Waals surface area (Å²) in [6.45, 7) is 6.93. The highest BCUT2D eigenvalue weighted by atomic mass is 16.5. The van der Waals surface area contributed by atoms with Gasteiger partial charge in [-0.1, -0.05) is 18.2 Å². The molecule has 2 aromatic rings. The lowest BCUT2D eigenvalue weighted by molar-refractivity contribution is 0.410. The molecule has 0 spiro atoms. The highest BCUT2D eigenvalue weighted by Crippen LogP contribution is 2.19. The third kappa shape index (κ3) is 3.88. The molecule has 0 aliphatic carbocycles. The summed E-state index contributed by atoms with van der Waals surface area (Å²) < 4.78 is 5.35. The molecular formula is C17H23N3O. The molecule has 0 radical (unpaired) electrons. The van der Waals surface area contributed by atoms with Crippen LogP contribution in [0.15, 0.2) is 42.6 Å². The molecule has 0 aliphatic heterocycles. The Morgan fingerprint density at radius 2 is 1.86 bits per heavy atom. The van der Waals surface area contributed by atoms with Crippen LogP contribution in [-0.2, 0) is 6.54 Å². The Labute approximate surface area is 126 Å². The monoisotopic (exact) mass is 285 g/mol. The number of methoxy groups -OCH3 is 1. The van der Waals surface area contributed by atoms with Crippen LogP contribution in [0.1, 0.15) is 19.4 Å². The number of nitrogens with zero attached hydrogens (tertiary/aromatic N) is 2. The number of nitrogens with one attached hydrogen (secondary N) is 1. The molecule has 2 rings (SSSR count). The summed E-state index contributed by atoms with van der Waals surface area (Å²) in [5.41, 5.74) is 2.14. The minimum atomic E-state index is 0.719. The van der Waals surface area contributed by atoms with E-state index in [0.717, 1.165) is 42.5 Å². The maximum Gasteiger partial charge on any atom is 0.128 e. The molecule has 0 amide bonds. The molecule has 0 saturated carbocycles. The first-order valence-electron chi connectivity index (χ1n) is 7.35. The number of anilines is 2. The first kappa shape index (κ1) is 15.2. The van der Waals surface area contributed by atoms with E-state index in [4.69, 9.17) is 4.74 Å². The van der Waals surface area contributed by atoms with Gasteiger partial charge in [0.2, 0.25) is 0 Å². The second-order valence-corrected chi connectivity index (χ2v) is 4.74. The quantitative estimate of drug-likeness (QED) is 0.844. The molecule has 0 saturated heterocycles. The maximum absolute atomic E-state index is 5.35. The van der Waals surface area contributed by atoms with Crippen molar-refractivity contribution in [2.75, 3.05) is 30.4 Å². The number of hydrogen-bond donors (Lipinski definition) is 1. The molecular weight excluding hydrogens is 262 g/mol. The molecule has 4 nitrogen and oxygen atoms in total. The molecule has 1 aromatic heterocycles. The standard InChI is InChI=1S/C17H23N3O/c1-4-20(5-2)17-11-10-15(13-19-17)18-12-14-8-6-7-9-16(14)21-3/h6-11,13,18H,4-5,12H2,1-3H3. The van der Waals surface area contributed by atoms with Gasteiger partial charge in [-0.2, -0.15) is 0 Å². The molecule has 21 heavy (non-hydrogen) atoms. The first-order valence-corrected chi connectivity index (χ1v) is 7.35. The highest BCUT2D eigenvalue weighted by Gasteiger charge is 2.04. The van der Waals surface area contributed by atoms with Gasteiger partial charge in [0.15, 0.2) is 0 Å². The Morgan fingerprint density at radius 1 is 1.10 bits per heavy atom. The Kier molecular flexibility index (Phi) is 5.43. The second kappa shape index (κ2) is 7.53. The van der Waals surface area contributed by atoms with Gasteiger partial charge in [0.1, 0.15) is 11.6 Å². The van der Waals surface area contributed by atoms with Crippen LogP contribution in [0.2, 0.25) is 0 Å². The van der Waals surface area contributed by atoms with Crippen molar-refractivity contribution in [2.24, 2.45) is 0 Å². The Bertz CT molecular complexity index is 550. The van der Waals surface area contributed by atoms with Crippen molar-refractivity contribution >= 4 is 11.5 Å². The molecule has 0 fully saturated rings. The van der Waals surface area contributed by atoms with Gasteiger partial charge in [-0.25, -0.2) is 4.98 Å². The van der Waals surface area contributed by atoms with E-state index in [1.807, 2.05) is 24.4 Å². The molecule has 1 aromatic carbocycles. The van der Waals surface area contributed by atoms with Crippen LogP contribution in [0.25, 0.3) is 0 Å². The van der Waals surface area contributed by atoms with Crippen molar-refractivity contribution < 1.29 is 4.74 Å². The lowest BCUT2D eigenvalue weighted by atomic mass is 10.2. The van der Waals surface area contributed by atoms with E-state index in [2.05, 4.69) is 47.2 Å². The summed E-state index contributed by atoms with van der Waals surface area (Å²) in [5.74, 6) is 1.92. The van der Waals surface area contributed by atoms with Gasteiger partial charge in [0, 0.05) is 25.2 Å². The summed E-state index contributed by atoms with van der Waals surface area (Å²) >= 11 is 0. The van der Waals surface area contributed by atoms with Crippen molar-refractivity contribution in [1.29, 1.82) is 0 Å². The summed E-state index contributed by atoms with van der Waals surface area (Å²) in [6.07, 6.45) is 1.88. The molecule has 1 heterocycles. The average molecular weight is 285 g/mol. The number of hydrogen-bond acceptors (Lipinski definition) is 4. The fourth-order valence-electron chi connectivity index (χ4n) is 2.27. The number of aromatic nitrogens is 1. The van der Waals surface area contributed by atoms with Crippen LogP contribution < -0.4 is 15.0 Å². The molecule has 4 heteroatoms. The average Bonchev–Trinajstić information content (AvgIpc) is 2.55. The molecule has 0 bridgehead atoms. The van der Waals surface area contributed by atoms with Gasteiger partial charge in [0.05, 0.1) is 19.0 Å². The van der Waals surface area contributed by atoms with Crippen LogP contribution >= 0.6 is 0 Å². The smallest absolute Gasteiger partial charge is 0.128 e. The van der Waals surface area contributed by atoms with Crippen LogP contribution in [0, 0.1) is 0 Å². The maximum atomic E-state index is 5.35. The number of rotatable bonds is 7. The minimum absolute atomic E-state index is 0.719. The summed E-state index contributed by atoms with van der Waals surface area (Å²) in [7, 11) is 1.69. The lowest BCUT2D eigenvalue weighted by Gasteiger charge is -2.19. The molecule has 0 aliphatic rings. The molecule has 112 valence electrons. The van der Waals surface area contributed by atoms with E-state index in [-0.39, 0.29) is 0 Å². The number of para-hydroxylation sites is 1. The van der Waals surface area contributed by atoms with E-state index >= 15 is 0 Å². The Hall–Kier alpha value is -2.23. The first-order chi connectivity index (χ1) is 10.3. The van der Waals surface area contributed by atoms with Crippen molar-refractivity contribution in [2.45, 2.75) is 20.4 Å². The Morgan fingerprint density at radius 3 is 2.48 bits per heavy atom. The number of pyridine rings is 1. The van der Waals surface area contributed by atoms with E-state index in [9.17, 15) is 0 Å². The highest BCUT2D eigenvalue weighted by molar-refractivity contribution is 5.49. The normalized spacial score (nSPS) is 10.2. The summed E-state index contributed by atoms with van der Waals surface area (Å²) in [4.78, 5) is 6.73. The van der Waals surface area contributed by atoms with Crippen molar-refractivity contribution in [3.63, 3.8) is 0 Å². The van der Waals surface area contributed by atoms with Gasteiger partial charge in [-0.3, -0.25) is 0 Å². The molecule has 0 atom stereocenters. The van der Waals surface area contributed by atoms with E-state index in [1.54, 1.807) is 7.11 Å². The Balaban J connectivity index is 2.00. The third-order valence-electron chi connectivity index (χ3n) is 3.51. The van der Waals surface area contributed by atoms with Crippen molar-refractivity contribution in [3.05, 3.63) is 48.2 Å². The van der Waals surface area contributed by atoms with Gasteiger partial charge >= 0.3 is 0 Å². The number of ether oxygens (including phenoxy) is 1. The summed E-state index contributed by atoms with van der Waals surface area (Å²) in [5, 5.41) is 3.38. The lowest BCUT2D eigenvalue weighted by Crippen LogP contribution is -2.22. The topological polar surface area (TPSA) is 37.4 Å². The van der Waals surface area contributed by atoms with E-state index < -0.39 is 0 Å². The van der Waals surface area contributed by atoms with Gasteiger partial charge in [-0.15, -0.1) is 0 Å². The van der Waals surface area contributed by atoms with Crippen LogP contribution in [-0.4, -0.2) is 25.2 Å².